The van der Waals surface area contributed by atoms with Crippen LogP contribution < -0.4 is 10.6 Å². The van der Waals surface area contributed by atoms with Gasteiger partial charge in [0.2, 0.25) is 5.91 Å². The Bertz CT molecular complexity index is 428. The average molecular weight is 232 g/mol. The zero-order valence-corrected chi connectivity index (χ0v) is 10.6. The lowest BCUT2D eigenvalue weighted by molar-refractivity contribution is -0.119. The molecule has 0 bridgehead atoms. The highest BCUT2D eigenvalue weighted by Crippen LogP contribution is 2.35. The lowest BCUT2D eigenvalue weighted by Gasteiger charge is -2.17. The third kappa shape index (κ3) is 2.20. The summed E-state index contributed by atoms with van der Waals surface area (Å²) in [6.07, 6.45) is 3.36. The molecule has 17 heavy (non-hydrogen) atoms. The molecule has 0 aliphatic carbocycles. The fraction of sp³-hybridized carbons (Fsp3) is 0.500. The third-order valence-corrected chi connectivity index (χ3v) is 3.33. The minimum atomic E-state index is -0.466. The van der Waals surface area contributed by atoms with Crippen LogP contribution in [0, 0.1) is 6.92 Å². The predicted molar refractivity (Wildman–Crippen MR) is 70.0 cm³/mol. The molecule has 1 aromatic carbocycles. The van der Waals surface area contributed by atoms with Crippen molar-refractivity contribution >= 4 is 11.6 Å². The Hall–Kier alpha value is -1.35. The zero-order valence-electron chi connectivity index (χ0n) is 10.6. The quantitative estimate of drug-likeness (QED) is 0.811. The molecule has 0 saturated heterocycles. The number of unbranched alkanes of at least 4 members (excludes halogenated alkanes) is 2. The Morgan fingerprint density at radius 1 is 1.35 bits per heavy atom. The van der Waals surface area contributed by atoms with Gasteiger partial charge in [0.25, 0.3) is 0 Å². The first-order valence-corrected chi connectivity index (χ1v) is 6.32. The summed E-state index contributed by atoms with van der Waals surface area (Å²) >= 11 is 0. The van der Waals surface area contributed by atoms with Crippen molar-refractivity contribution in [2.45, 2.75) is 39.2 Å². The second kappa shape index (κ2) is 4.88. The number of hydrogen-bond donors (Lipinski definition) is 1. The number of nitrogens with zero attached hydrogens (tertiary/aromatic N) is 1. The van der Waals surface area contributed by atoms with Gasteiger partial charge in [0.05, 0.1) is 0 Å². The minimum Gasteiger partial charge on any atom is -0.316 e. The second-order valence-electron chi connectivity index (χ2n) is 4.74. The number of fused-ring (bicyclic) bond motifs is 1. The monoisotopic (exact) mass is 232 g/mol. The van der Waals surface area contributed by atoms with Crippen LogP contribution in [0.25, 0.3) is 0 Å². The maximum atomic E-state index is 12.1. The molecule has 0 spiro atoms. The number of nitrogens with two attached hydrogens (primary N) is 1. The molecule has 1 atom stereocenters. The SMILES string of the molecule is CCCCCN1C(=O)C(N)c2cc(C)ccc21. The van der Waals surface area contributed by atoms with Crippen molar-refractivity contribution < 1.29 is 4.79 Å². The highest BCUT2D eigenvalue weighted by molar-refractivity contribution is 6.04. The first-order valence-electron chi connectivity index (χ1n) is 6.32. The van der Waals surface area contributed by atoms with Gasteiger partial charge in [-0.2, -0.15) is 0 Å². The van der Waals surface area contributed by atoms with Crippen LogP contribution in [0.15, 0.2) is 18.2 Å². The predicted octanol–water partition coefficient (Wildman–Crippen LogP) is 2.53. The van der Waals surface area contributed by atoms with Gasteiger partial charge in [-0.3, -0.25) is 4.79 Å². The van der Waals surface area contributed by atoms with Gasteiger partial charge in [-0.1, -0.05) is 37.5 Å². The summed E-state index contributed by atoms with van der Waals surface area (Å²) in [5.74, 6) is 0.0432. The molecule has 0 aromatic heterocycles. The molecule has 0 fully saturated rings. The van der Waals surface area contributed by atoms with E-state index in [9.17, 15) is 4.79 Å². The van der Waals surface area contributed by atoms with Crippen LogP contribution in [0.2, 0.25) is 0 Å². The van der Waals surface area contributed by atoms with Crippen LogP contribution in [0.3, 0.4) is 0 Å². The number of rotatable bonds is 4. The highest BCUT2D eigenvalue weighted by Gasteiger charge is 2.34. The number of anilines is 1. The fourth-order valence-electron chi connectivity index (χ4n) is 2.34. The topological polar surface area (TPSA) is 46.3 Å². The van der Waals surface area contributed by atoms with Crippen molar-refractivity contribution in [3.63, 3.8) is 0 Å². The van der Waals surface area contributed by atoms with Crippen molar-refractivity contribution in [2.24, 2.45) is 5.73 Å². The molecule has 1 heterocycles. The average Bonchev–Trinajstić information content (AvgIpc) is 2.54. The Balaban J connectivity index is 2.22. The summed E-state index contributed by atoms with van der Waals surface area (Å²) in [5.41, 5.74) is 9.10. The van der Waals surface area contributed by atoms with Gasteiger partial charge in [-0.25, -0.2) is 0 Å². The largest absolute Gasteiger partial charge is 0.316 e. The Kier molecular flexibility index (Phi) is 3.48. The van der Waals surface area contributed by atoms with Gasteiger partial charge in [0.15, 0.2) is 0 Å². The third-order valence-electron chi connectivity index (χ3n) is 3.33. The van der Waals surface area contributed by atoms with E-state index in [4.69, 9.17) is 5.73 Å². The van der Waals surface area contributed by atoms with Crippen molar-refractivity contribution in [3.05, 3.63) is 29.3 Å². The Morgan fingerprint density at radius 3 is 2.82 bits per heavy atom. The maximum Gasteiger partial charge on any atom is 0.248 e. The summed E-state index contributed by atoms with van der Waals surface area (Å²) in [6, 6.07) is 5.61. The van der Waals surface area contributed by atoms with Crippen LogP contribution in [0.1, 0.15) is 43.4 Å². The summed E-state index contributed by atoms with van der Waals surface area (Å²) in [7, 11) is 0. The second-order valence-corrected chi connectivity index (χ2v) is 4.74. The highest BCUT2D eigenvalue weighted by atomic mass is 16.2. The van der Waals surface area contributed by atoms with E-state index in [1.807, 2.05) is 30.0 Å². The molecule has 92 valence electrons. The van der Waals surface area contributed by atoms with E-state index in [1.54, 1.807) is 0 Å². The Labute approximate surface area is 103 Å². The van der Waals surface area contributed by atoms with Gasteiger partial charge < -0.3 is 10.6 Å². The minimum absolute atomic E-state index is 0.0432. The van der Waals surface area contributed by atoms with Crippen molar-refractivity contribution in [2.75, 3.05) is 11.4 Å². The Morgan fingerprint density at radius 2 is 2.12 bits per heavy atom. The number of carbonyl (C=O) groups is 1. The van der Waals surface area contributed by atoms with E-state index >= 15 is 0 Å². The molecule has 1 aliphatic heterocycles. The first-order chi connectivity index (χ1) is 8.15. The molecule has 1 aliphatic rings. The van der Waals surface area contributed by atoms with E-state index in [0.29, 0.717) is 0 Å². The molecule has 3 heteroatoms. The van der Waals surface area contributed by atoms with Crippen molar-refractivity contribution in [3.8, 4) is 0 Å². The van der Waals surface area contributed by atoms with Gasteiger partial charge in [0, 0.05) is 17.8 Å². The molecule has 2 N–H and O–H groups in total. The van der Waals surface area contributed by atoms with Gasteiger partial charge in [0.1, 0.15) is 6.04 Å². The van der Waals surface area contributed by atoms with Gasteiger partial charge in [-0.15, -0.1) is 0 Å². The van der Waals surface area contributed by atoms with Gasteiger partial charge in [-0.05, 0) is 19.4 Å². The molecular formula is C14H20N2O. The van der Waals surface area contributed by atoms with Crippen molar-refractivity contribution in [1.82, 2.24) is 0 Å². The van der Waals surface area contributed by atoms with Crippen LogP contribution in [0.4, 0.5) is 5.69 Å². The summed E-state index contributed by atoms with van der Waals surface area (Å²) in [4.78, 5) is 13.9. The molecule has 3 nitrogen and oxygen atoms in total. The lowest BCUT2D eigenvalue weighted by atomic mass is 10.1. The van der Waals surface area contributed by atoms with Crippen LogP contribution in [0.5, 0.6) is 0 Å². The van der Waals surface area contributed by atoms with E-state index in [0.717, 1.165) is 42.6 Å². The van der Waals surface area contributed by atoms with Crippen LogP contribution in [-0.2, 0) is 4.79 Å². The molecule has 1 amide bonds. The number of aryl methyl sites for hydroxylation is 1. The summed E-state index contributed by atoms with van der Waals surface area (Å²) < 4.78 is 0. The summed E-state index contributed by atoms with van der Waals surface area (Å²) in [5, 5.41) is 0. The molecule has 0 radical (unpaired) electrons. The summed E-state index contributed by atoms with van der Waals surface area (Å²) in [6.45, 7) is 4.97. The number of hydrogen-bond acceptors (Lipinski definition) is 2. The number of carbonyl (C=O) groups excluding carboxylic acids is 1. The van der Waals surface area contributed by atoms with Gasteiger partial charge >= 0.3 is 0 Å². The van der Waals surface area contributed by atoms with Crippen LogP contribution in [-0.4, -0.2) is 12.5 Å². The van der Waals surface area contributed by atoms with E-state index in [1.165, 1.54) is 0 Å². The molecular weight excluding hydrogens is 212 g/mol. The molecule has 1 aromatic rings. The zero-order chi connectivity index (χ0) is 12.4. The van der Waals surface area contributed by atoms with E-state index in [2.05, 4.69) is 6.92 Å². The number of benzene rings is 1. The number of amides is 1. The standard InChI is InChI=1S/C14H20N2O/c1-3-4-5-8-16-12-7-6-10(2)9-11(12)13(15)14(16)17/h6-7,9,13H,3-5,8,15H2,1-2H3. The van der Waals surface area contributed by atoms with E-state index in [-0.39, 0.29) is 5.91 Å². The normalized spacial score (nSPS) is 18.6. The molecule has 2 rings (SSSR count). The lowest BCUT2D eigenvalue weighted by Crippen LogP contribution is -2.32. The maximum absolute atomic E-state index is 12.1. The molecule has 1 unspecified atom stereocenters. The first kappa shape index (κ1) is 12.1. The van der Waals surface area contributed by atoms with Crippen molar-refractivity contribution in [1.29, 1.82) is 0 Å². The van der Waals surface area contributed by atoms with E-state index < -0.39 is 6.04 Å². The molecule has 0 saturated carbocycles. The fourth-order valence-corrected chi connectivity index (χ4v) is 2.34. The van der Waals surface area contributed by atoms with Crippen LogP contribution >= 0.6 is 0 Å². The smallest absolute Gasteiger partial charge is 0.248 e.